The van der Waals surface area contributed by atoms with Crippen LogP contribution in [0.1, 0.15) is 361 Å². The van der Waals surface area contributed by atoms with Crippen molar-refractivity contribution in [1.29, 1.82) is 0 Å². The van der Waals surface area contributed by atoms with E-state index in [4.69, 9.17) is 4.74 Å². The third-order valence-corrected chi connectivity index (χ3v) is 15.1. The van der Waals surface area contributed by atoms with E-state index in [1.165, 1.54) is 283 Å². The van der Waals surface area contributed by atoms with E-state index in [0.29, 0.717) is 25.9 Å². The molecule has 6 heteroatoms. The molecule has 416 valence electrons. The first-order chi connectivity index (χ1) is 34.5. The molecule has 3 N–H and O–H groups in total. The highest BCUT2D eigenvalue weighted by molar-refractivity contribution is 5.76. The number of esters is 1. The summed E-state index contributed by atoms with van der Waals surface area (Å²) in [5.41, 5.74) is 0. The number of unbranched alkanes of at least 4 members (excludes halogenated alkanes) is 47. The number of amides is 1. The van der Waals surface area contributed by atoms with Crippen LogP contribution in [0.25, 0.3) is 0 Å². The molecule has 0 rings (SSSR count). The first kappa shape index (κ1) is 68.6. The zero-order valence-electron chi connectivity index (χ0n) is 47.5. The Morgan fingerprint density at radius 3 is 1.01 bits per heavy atom. The molecule has 0 aliphatic heterocycles. The Balaban J connectivity index is 3.41. The first-order valence-electron chi connectivity index (χ1n) is 31.9. The highest BCUT2D eigenvalue weighted by Gasteiger charge is 2.20. The zero-order valence-corrected chi connectivity index (χ0v) is 47.5. The van der Waals surface area contributed by atoms with Crippen LogP contribution in [-0.2, 0) is 14.3 Å². The van der Waals surface area contributed by atoms with Crippen LogP contribution in [0.5, 0.6) is 0 Å². The van der Waals surface area contributed by atoms with E-state index in [-0.39, 0.29) is 18.5 Å². The summed E-state index contributed by atoms with van der Waals surface area (Å²) in [6, 6.07) is -0.546. The second-order valence-electron chi connectivity index (χ2n) is 22.1. The number of ether oxygens (including phenoxy) is 1. The Labute approximate surface area is 438 Å². The van der Waals surface area contributed by atoms with Gasteiger partial charge in [0.15, 0.2) is 0 Å². The number of carbonyl (C=O) groups excluding carboxylic acids is 2. The largest absolute Gasteiger partial charge is 0.466 e. The van der Waals surface area contributed by atoms with Crippen LogP contribution in [-0.4, -0.2) is 47.4 Å². The molecule has 0 aromatic carbocycles. The SMILES string of the molecule is CCCCCCCCC/C=C\CCCCCCCC(=O)OCCCCCCCCCCCCCCCCCCCC(=O)NC(CO)C(O)CCCCCCCCCCCCCCCCCCCCCC. The van der Waals surface area contributed by atoms with Gasteiger partial charge >= 0.3 is 5.97 Å². The Morgan fingerprint density at radius 2 is 0.671 bits per heavy atom. The first-order valence-corrected chi connectivity index (χ1v) is 31.9. The molecule has 0 spiro atoms. The number of carbonyl (C=O) groups is 2. The molecule has 1 amide bonds. The van der Waals surface area contributed by atoms with Crippen LogP contribution in [0.2, 0.25) is 0 Å². The number of aliphatic hydroxyl groups excluding tert-OH is 2. The highest BCUT2D eigenvalue weighted by Crippen LogP contribution is 2.18. The van der Waals surface area contributed by atoms with Gasteiger partial charge in [0, 0.05) is 12.8 Å². The number of allylic oxidation sites excluding steroid dienone is 2. The van der Waals surface area contributed by atoms with E-state index in [1.54, 1.807) is 0 Å². The molecular weight excluding hydrogens is 863 g/mol. The monoisotopic (exact) mass is 988 g/mol. The maximum atomic E-state index is 12.5. The normalized spacial score (nSPS) is 12.6. The van der Waals surface area contributed by atoms with Gasteiger partial charge in [0.25, 0.3) is 0 Å². The summed E-state index contributed by atoms with van der Waals surface area (Å²) in [5, 5.41) is 23.4. The second-order valence-corrected chi connectivity index (χ2v) is 22.1. The van der Waals surface area contributed by atoms with Crippen molar-refractivity contribution in [3.8, 4) is 0 Å². The minimum Gasteiger partial charge on any atom is -0.466 e. The fraction of sp³-hybridized carbons (Fsp3) is 0.938. The van der Waals surface area contributed by atoms with Crippen molar-refractivity contribution < 1.29 is 24.5 Å². The third kappa shape index (κ3) is 55.9. The van der Waals surface area contributed by atoms with Gasteiger partial charge in [0.05, 0.1) is 25.4 Å². The van der Waals surface area contributed by atoms with Crippen molar-refractivity contribution >= 4 is 11.9 Å². The van der Waals surface area contributed by atoms with E-state index < -0.39 is 12.1 Å². The Morgan fingerprint density at radius 1 is 0.386 bits per heavy atom. The highest BCUT2D eigenvalue weighted by atomic mass is 16.5. The summed E-state index contributed by atoms with van der Waals surface area (Å²) in [7, 11) is 0. The molecule has 0 bridgehead atoms. The van der Waals surface area contributed by atoms with E-state index in [0.717, 1.165) is 44.9 Å². The molecule has 0 aliphatic rings. The molecular formula is C64H125NO5. The van der Waals surface area contributed by atoms with E-state index in [9.17, 15) is 19.8 Å². The van der Waals surface area contributed by atoms with Crippen molar-refractivity contribution in [2.45, 2.75) is 373 Å². The summed E-state index contributed by atoms with van der Waals surface area (Å²) in [4.78, 5) is 24.6. The summed E-state index contributed by atoms with van der Waals surface area (Å²) >= 11 is 0. The van der Waals surface area contributed by atoms with Gasteiger partial charge in [-0.05, 0) is 51.4 Å². The van der Waals surface area contributed by atoms with Crippen LogP contribution in [0.4, 0.5) is 0 Å². The van der Waals surface area contributed by atoms with Crippen LogP contribution in [0.3, 0.4) is 0 Å². The summed E-state index contributed by atoms with van der Waals surface area (Å²) in [5.74, 6) is -0.0373. The minimum atomic E-state index is -0.668. The summed E-state index contributed by atoms with van der Waals surface area (Å²) < 4.78 is 5.48. The van der Waals surface area contributed by atoms with Gasteiger partial charge in [-0.15, -0.1) is 0 Å². The van der Waals surface area contributed by atoms with E-state index >= 15 is 0 Å². The minimum absolute atomic E-state index is 0.000841. The van der Waals surface area contributed by atoms with Crippen LogP contribution in [0.15, 0.2) is 12.2 Å². The topological polar surface area (TPSA) is 95.9 Å². The lowest BCUT2D eigenvalue weighted by Gasteiger charge is -2.22. The number of aliphatic hydroxyl groups is 2. The molecule has 0 radical (unpaired) electrons. The molecule has 0 aromatic heterocycles. The van der Waals surface area contributed by atoms with Gasteiger partial charge in [-0.1, -0.05) is 309 Å². The Hall–Kier alpha value is -1.40. The second kappa shape index (κ2) is 60.2. The molecule has 0 saturated carbocycles. The number of hydrogen-bond acceptors (Lipinski definition) is 5. The maximum absolute atomic E-state index is 12.5. The van der Waals surface area contributed by atoms with Crippen LogP contribution < -0.4 is 5.32 Å². The van der Waals surface area contributed by atoms with E-state index in [2.05, 4.69) is 31.3 Å². The standard InChI is InChI=1S/C64H125NO5/c1-3-5-7-9-11-13-15-17-19-21-22-23-25-28-32-36-40-44-48-52-56-62(67)61(60-66)65-63(68)57-53-49-45-41-37-33-29-26-24-27-31-35-39-43-47-51-55-59-70-64(69)58-54-50-46-42-38-34-30-20-18-16-14-12-10-8-6-4-2/h20,30,61-62,66-67H,3-19,21-29,31-60H2,1-2H3,(H,65,68)/b30-20-. The average molecular weight is 989 g/mol. The van der Waals surface area contributed by atoms with Crippen LogP contribution >= 0.6 is 0 Å². The van der Waals surface area contributed by atoms with Crippen molar-refractivity contribution in [1.82, 2.24) is 5.32 Å². The van der Waals surface area contributed by atoms with Gasteiger partial charge in [-0.2, -0.15) is 0 Å². The third-order valence-electron chi connectivity index (χ3n) is 15.1. The lowest BCUT2D eigenvalue weighted by Crippen LogP contribution is -2.45. The van der Waals surface area contributed by atoms with Crippen LogP contribution in [0, 0.1) is 0 Å². The maximum Gasteiger partial charge on any atom is 0.305 e. The molecule has 0 heterocycles. The van der Waals surface area contributed by atoms with Gasteiger partial charge in [-0.3, -0.25) is 9.59 Å². The Kier molecular flexibility index (Phi) is 59.0. The molecule has 2 atom stereocenters. The van der Waals surface area contributed by atoms with Gasteiger partial charge < -0.3 is 20.3 Å². The molecule has 2 unspecified atom stereocenters. The molecule has 0 aliphatic carbocycles. The fourth-order valence-electron chi connectivity index (χ4n) is 10.2. The van der Waals surface area contributed by atoms with Crippen molar-refractivity contribution in [2.24, 2.45) is 0 Å². The average Bonchev–Trinajstić information content (AvgIpc) is 3.36. The molecule has 6 nitrogen and oxygen atoms in total. The van der Waals surface area contributed by atoms with Crippen molar-refractivity contribution in [3.63, 3.8) is 0 Å². The van der Waals surface area contributed by atoms with Crippen molar-refractivity contribution in [2.75, 3.05) is 13.2 Å². The Bertz CT molecular complexity index is 1050. The summed E-state index contributed by atoms with van der Waals surface area (Å²) in [6.07, 6.45) is 72.2. The van der Waals surface area contributed by atoms with Crippen molar-refractivity contribution in [3.05, 3.63) is 12.2 Å². The smallest absolute Gasteiger partial charge is 0.305 e. The molecule has 70 heavy (non-hydrogen) atoms. The lowest BCUT2D eigenvalue weighted by atomic mass is 10.0. The number of nitrogens with one attached hydrogen (secondary N) is 1. The molecule has 0 saturated heterocycles. The number of rotatable bonds is 60. The van der Waals surface area contributed by atoms with Gasteiger partial charge in [0.2, 0.25) is 5.91 Å². The van der Waals surface area contributed by atoms with E-state index in [1.807, 2.05) is 0 Å². The van der Waals surface area contributed by atoms with Gasteiger partial charge in [0.1, 0.15) is 0 Å². The molecule has 0 fully saturated rings. The van der Waals surface area contributed by atoms with Gasteiger partial charge in [-0.25, -0.2) is 0 Å². The quantitative estimate of drug-likeness (QED) is 0.0321. The molecule has 0 aromatic rings. The summed E-state index contributed by atoms with van der Waals surface area (Å²) in [6.45, 7) is 4.97. The zero-order chi connectivity index (χ0) is 50.7. The lowest BCUT2D eigenvalue weighted by molar-refractivity contribution is -0.143. The fourth-order valence-corrected chi connectivity index (χ4v) is 10.2. The number of hydrogen-bond donors (Lipinski definition) is 3. The predicted octanol–water partition coefficient (Wildman–Crippen LogP) is 20.0. The predicted molar refractivity (Wildman–Crippen MR) is 306 cm³/mol.